The summed E-state index contributed by atoms with van der Waals surface area (Å²) < 4.78 is 21.5. The van der Waals surface area contributed by atoms with Gasteiger partial charge < -0.3 is 10.5 Å². The molecule has 0 aliphatic carbocycles. The lowest BCUT2D eigenvalue weighted by Crippen LogP contribution is -2.02. The second-order valence-electron chi connectivity index (χ2n) is 4.74. The summed E-state index contributed by atoms with van der Waals surface area (Å²) in [6.45, 7) is 1.99. The number of aryl methyl sites for hydroxylation is 1. The van der Waals surface area contributed by atoms with Gasteiger partial charge in [-0.15, -0.1) is 0 Å². The van der Waals surface area contributed by atoms with Crippen LogP contribution < -0.4 is 10.5 Å². The number of rotatable bonds is 2. The van der Waals surface area contributed by atoms with E-state index in [1.54, 1.807) is 10.6 Å². The molecular weight excluding hydrogens is 337 g/mol. The lowest BCUT2D eigenvalue weighted by Gasteiger charge is -2.10. The third kappa shape index (κ3) is 2.25. The lowest BCUT2D eigenvalue weighted by atomic mass is 10.2. The van der Waals surface area contributed by atoms with Crippen molar-refractivity contribution >= 4 is 32.9 Å². The molecule has 0 aliphatic heterocycles. The summed E-state index contributed by atoms with van der Waals surface area (Å²) in [6, 6.07) is 8.84. The number of ether oxygens (including phenoxy) is 1. The van der Waals surface area contributed by atoms with E-state index >= 15 is 0 Å². The standard InChI is InChI=1S/C15H13BrFN3O/c1-8-3-4-9(16)12(5-8)20-13-7-14(21-2)10(17)6-11(13)19-15(20)18/h3-7H,1-2H3,(H2,18,19). The summed E-state index contributed by atoms with van der Waals surface area (Å²) in [5.41, 5.74) is 9.13. The number of nitrogen functional groups attached to an aromatic ring is 1. The van der Waals surface area contributed by atoms with Crippen LogP contribution in [0.15, 0.2) is 34.8 Å². The molecule has 0 fully saturated rings. The van der Waals surface area contributed by atoms with Gasteiger partial charge in [0.2, 0.25) is 5.95 Å². The zero-order chi connectivity index (χ0) is 15.1. The molecule has 0 spiro atoms. The molecule has 0 atom stereocenters. The molecule has 108 valence electrons. The van der Waals surface area contributed by atoms with Crippen LogP contribution in [-0.2, 0) is 0 Å². The van der Waals surface area contributed by atoms with Crippen LogP contribution in [0.25, 0.3) is 16.7 Å². The first-order valence-electron chi connectivity index (χ1n) is 6.29. The Hall–Kier alpha value is -2.08. The SMILES string of the molecule is COc1cc2c(cc1F)nc(N)n2-c1cc(C)ccc1Br. The fourth-order valence-electron chi connectivity index (χ4n) is 2.30. The lowest BCUT2D eigenvalue weighted by molar-refractivity contribution is 0.387. The minimum Gasteiger partial charge on any atom is -0.494 e. The van der Waals surface area contributed by atoms with Crippen LogP contribution >= 0.6 is 15.9 Å². The monoisotopic (exact) mass is 349 g/mol. The maximum Gasteiger partial charge on any atom is 0.205 e. The molecule has 3 aromatic rings. The van der Waals surface area contributed by atoms with Gasteiger partial charge in [-0.3, -0.25) is 4.57 Å². The molecule has 1 aromatic heterocycles. The van der Waals surface area contributed by atoms with Crippen molar-refractivity contribution in [2.45, 2.75) is 6.92 Å². The van der Waals surface area contributed by atoms with Gasteiger partial charge in [-0.05, 0) is 40.5 Å². The summed E-state index contributed by atoms with van der Waals surface area (Å²) in [5.74, 6) is -0.00524. The molecular formula is C15H13BrFN3O. The van der Waals surface area contributed by atoms with Gasteiger partial charge in [0.15, 0.2) is 11.6 Å². The topological polar surface area (TPSA) is 53.1 Å². The number of methoxy groups -OCH3 is 1. The van der Waals surface area contributed by atoms with Crippen molar-refractivity contribution in [3.05, 3.63) is 46.2 Å². The Morgan fingerprint density at radius 2 is 2.05 bits per heavy atom. The molecule has 2 aromatic carbocycles. The van der Waals surface area contributed by atoms with E-state index in [1.807, 2.05) is 25.1 Å². The molecule has 0 saturated heterocycles. The van der Waals surface area contributed by atoms with Crippen molar-refractivity contribution in [3.63, 3.8) is 0 Å². The third-order valence-corrected chi connectivity index (χ3v) is 3.97. The minimum atomic E-state index is -0.460. The quantitative estimate of drug-likeness (QED) is 0.764. The van der Waals surface area contributed by atoms with Crippen LogP contribution in [-0.4, -0.2) is 16.7 Å². The Morgan fingerprint density at radius 3 is 2.76 bits per heavy atom. The van der Waals surface area contributed by atoms with Crippen molar-refractivity contribution in [2.24, 2.45) is 0 Å². The summed E-state index contributed by atoms with van der Waals surface area (Å²) in [4.78, 5) is 4.22. The Kier molecular flexibility index (Phi) is 3.33. The molecule has 0 aliphatic rings. The van der Waals surface area contributed by atoms with Gasteiger partial charge in [-0.2, -0.15) is 0 Å². The highest BCUT2D eigenvalue weighted by Crippen LogP contribution is 2.32. The first-order valence-corrected chi connectivity index (χ1v) is 7.08. The van der Waals surface area contributed by atoms with E-state index in [0.29, 0.717) is 17.0 Å². The van der Waals surface area contributed by atoms with E-state index in [9.17, 15) is 4.39 Å². The second-order valence-corrected chi connectivity index (χ2v) is 5.59. The largest absolute Gasteiger partial charge is 0.494 e. The Bertz CT molecular complexity index is 845. The maximum absolute atomic E-state index is 13.8. The van der Waals surface area contributed by atoms with Gasteiger partial charge in [-0.1, -0.05) is 6.07 Å². The van der Waals surface area contributed by atoms with E-state index < -0.39 is 5.82 Å². The number of anilines is 1. The molecule has 0 bridgehead atoms. The highest BCUT2D eigenvalue weighted by atomic mass is 79.9. The molecule has 2 N–H and O–H groups in total. The van der Waals surface area contributed by atoms with Crippen LogP contribution in [0.4, 0.5) is 10.3 Å². The van der Waals surface area contributed by atoms with Gasteiger partial charge in [-0.25, -0.2) is 9.37 Å². The van der Waals surface area contributed by atoms with Crippen molar-refractivity contribution in [1.82, 2.24) is 9.55 Å². The molecule has 0 unspecified atom stereocenters. The highest BCUT2D eigenvalue weighted by molar-refractivity contribution is 9.10. The number of fused-ring (bicyclic) bond motifs is 1. The summed E-state index contributed by atoms with van der Waals surface area (Å²) in [7, 11) is 1.43. The molecule has 0 radical (unpaired) electrons. The number of hydrogen-bond acceptors (Lipinski definition) is 3. The summed E-state index contributed by atoms with van der Waals surface area (Å²) in [6.07, 6.45) is 0. The number of nitrogens with two attached hydrogens (primary N) is 1. The summed E-state index contributed by atoms with van der Waals surface area (Å²) in [5, 5.41) is 0. The fraction of sp³-hybridized carbons (Fsp3) is 0.133. The zero-order valence-corrected chi connectivity index (χ0v) is 13.1. The van der Waals surface area contributed by atoms with Crippen LogP contribution in [0, 0.1) is 12.7 Å². The van der Waals surface area contributed by atoms with Gasteiger partial charge in [0.05, 0.1) is 23.8 Å². The van der Waals surface area contributed by atoms with E-state index in [-0.39, 0.29) is 5.75 Å². The number of halogens is 2. The highest BCUT2D eigenvalue weighted by Gasteiger charge is 2.16. The number of benzene rings is 2. The number of nitrogens with zero attached hydrogens (tertiary/aromatic N) is 2. The van der Waals surface area contributed by atoms with Crippen LogP contribution in [0.1, 0.15) is 5.56 Å². The summed E-state index contributed by atoms with van der Waals surface area (Å²) >= 11 is 3.51. The average Bonchev–Trinajstić information content (AvgIpc) is 2.75. The molecule has 6 heteroatoms. The third-order valence-electron chi connectivity index (χ3n) is 3.30. The average molecular weight is 350 g/mol. The van der Waals surface area contributed by atoms with Crippen molar-refractivity contribution in [2.75, 3.05) is 12.8 Å². The normalized spacial score (nSPS) is 11.0. The van der Waals surface area contributed by atoms with Crippen molar-refractivity contribution < 1.29 is 9.13 Å². The van der Waals surface area contributed by atoms with E-state index in [0.717, 1.165) is 15.7 Å². The number of aromatic nitrogens is 2. The smallest absolute Gasteiger partial charge is 0.205 e. The van der Waals surface area contributed by atoms with Gasteiger partial charge in [0.1, 0.15) is 0 Å². The molecule has 3 rings (SSSR count). The Labute approximate surface area is 129 Å². The second kappa shape index (κ2) is 5.04. The van der Waals surface area contributed by atoms with Crippen molar-refractivity contribution in [1.29, 1.82) is 0 Å². The van der Waals surface area contributed by atoms with Gasteiger partial charge in [0.25, 0.3) is 0 Å². The van der Waals surface area contributed by atoms with Gasteiger partial charge >= 0.3 is 0 Å². The number of imidazole rings is 1. The van der Waals surface area contributed by atoms with Crippen LogP contribution in [0.3, 0.4) is 0 Å². The molecule has 0 amide bonds. The van der Waals surface area contributed by atoms with E-state index in [1.165, 1.54) is 13.2 Å². The molecule has 0 saturated carbocycles. The van der Waals surface area contributed by atoms with E-state index in [2.05, 4.69) is 20.9 Å². The Balaban J connectivity index is 2.36. The zero-order valence-electron chi connectivity index (χ0n) is 11.5. The maximum atomic E-state index is 13.8. The van der Waals surface area contributed by atoms with Crippen LogP contribution in [0.5, 0.6) is 5.75 Å². The fourth-order valence-corrected chi connectivity index (χ4v) is 2.73. The predicted octanol–water partition coefficient (Wildman–Crippen LogP) is 3.83. The molecule has 4 nitrogen and oxygen atoms in total. The van der Waals surface area contributed by atoms with Gasteiger partial charge in [0, 0.05) is 16.6 Å². The molecule has 1 heterocycles. The van der Waals surface area contributed by atoms with E-state index in [4.69, 9.17) is 10.5 Å². The first-order chi connectivity index (χ1) is 10.0. The first kappa shape index (κ1) is 13.9. The van der Waals surface area contributed by atoms with Crippen molar-refractivity contribution in [3.8, 4) is 11.4 Å². The minimum absolute atomic E-state index is 0.160. The Morgan fingerprint density at radius 1 is 1.29 bits per heavy atom. The molecule has 21 heavy (non-hydrogen) atoms. The number of hydrogen-bond donors (Lipinski definition) is 1. The van der Waals surface area contributed by atoms with Crippen LogP contribution in [0.2, 0.25) is 0 Å². The predicted molar refractivity (Wildman–Crippen MR) is 84.4 cm³/mol.